The number of halogens is 1. The smallest absolute Gasteiger partial charge is 0.358 e. The molecule has 5 nitrogen and oxygen atoms in total. The summed E-state index contributed by atoms with van der Waals surface area (Å²) in [6.07, 6.45) is 3.36. The minimum atomic E-state index is -0.393. The Morgan fingerprint density at radius 2 is 2.00 bits per heavy atom. The molecule has 1 spiro atoms. The molecule has 0 aliphatic carbocycles. The maximum absolute atomic E-state index is 11.9. The normalized spacial score (nSPS) is 19.2. The molecule has 0 aromatic carbocycles. The lowest BCUT2D eigenvalue weighted by Gasteiger charge is -2.39. The Labute approximate surface area is 146 Å². The summed E-state index contributed by atoms with van der Waals surface area (Å²) in [6, 6.07) is 3.80. The Morgan fingerprint density at radius 3 is 2.57 bits per heavy atom. The Kier molecular flexibility index (Phi) is 6.41. The molecule has 0 amide bonds. The average molecular weight is 385 g/mol. The van der Waals surface area contributed by atoms with Gasteiger partial charge in [0, 0.05) is 19.7 Å². The molecule has 1 aromatic rings. The topological polar surface area (TPSA) is 51.7 Å². The lowest BCUT2D eigenvalue weighted by atomic mass is 9.78. The van der Waals surface area contributed by atoms with E-state index in [1.807, 2.05) is 26.0 Å². The van der Waals surface area contributed by atoms with Crippen LogP contribution in [-0.4, -0.2) is 44.4 Å². The molecule has 128 valence electrons. The van der Waals surface area contributed by atoms with Crippen LogP contribution < -0.4 is 4.90 Å². The van der Waals surface area contributed by atoms with Gasteiger partial charge in [0.2, 0.25) is 0 Å². The second kappa shape index (κ2) is 8.11. The van der Waals surface area contributed by atoms with E-state index in [0.29, 0.717) is 15.7 Å². The van der Waals surface area contributed by atoms with Gasteiger partial charge in [0.15, 0.2) is 5.69 Å². The molecular weight excluding hydrogens is 360 g/mol. The highest BCUT2D eigenvalue weighted by atomic mass is 79.9. The lowest BCUT2D eigenvalue weighted by molar-refractivity contribution is 0.0594. The first-order chi connectivity index (χ1) is 11.1. The van der Waals surface area contributed by atoms with Crippen molar-refractivity contribution in [2.24, 2.45) is 5.41 Å². The van der Waals surface area contributed by atoms with Crippen LogP contribution in [0.3, 0.4) is 0 Å². The van der Waals surface area contributed by atoms with E-state index in [2.05, 4.69) is 25.8 Å². The van der Waals surface area contributed by atoms with Gasteiger partial charge in [0.25, 0.3) is 0 Å². The maximum atomic E-state index is 11.9. The summed E-state index contributed by atoms with van der Waals surface area (Å²) in [4.78, 5) is 18.4. The number of carbonyl (C=O) groups is 1. The minimum absolute atomic E-state index is 0.352. The molecule has 3 heterocycles. The number of methoxy groups -OCH3 is 1. The highest BCUT2D eigenvalue weighted by molar-refractivity contribution is 9.10. The number of piperidine rings is 1. The highest BCUT2D eigenvalue weighted by Crippen LogP contribution is 2.40. The molecule has 2 aliphatic heterocycles. The van der Waals surface area contributed by atoms with E-state index in [9.17, 15) is 4.79 Å². The minimum Gasteiger partial charge on any atom is -0.464 e. The van der Waals surface area contributed by atoms with E-state index in [0.717, 1.165) is 51.3 Å². The average Bonchev–Trinajstić information content (AvgIpc) is 3.05. The molecule has 1 aromatic heterocycles. The number of hydrogen-bond acceptors (Lipinski definition) is 5. The number of hydrogen-bond donors (Lipinski definition) is 0. The zero-order chi connectivity index (χ0) is 16.9. The molecule has 0 bridgehead atoms. The van der Waals surface area contributed by atoms with Crippen molar-refractivity contribution in [1.82, 2.24) is 4.98 Å². The van der Waals surface area contributed by atoms with Crippen LogP contribution in [0.1, 0.15) is 43.6 Å². The number of nitrogens with zero attached hydrogens (tertiary/aromatic N) is 2. The van der Waals surface area contributed by atoms with Gasteiger partial charge in [0.1, 0.15) is 4.60 Å². The van der Waals surface area contributed by atoms with E-state index in [1.54, 1.807) is 0 Å². The zero-order valence-electron chi connectivity index (χ0n) is 14.1. The molecule has 2 fully saturated rings. The molecule has 2 saturated heterocycles. The summed E-state index contributed by atoms with van der Waals surface area (Å²) in [7, 11) is 1.38. The number of carbonyl (C=O) groups excluding carboxylic acids is 1. The number of ether oxygens (including phenoxy) is 2. The van der Waals surface area contributed by atoms with E-state index in [-0.39, 0.29) is 0 Å². The third-order valence-electron chi connectivity index (χ3n) is 4.57. The van der Waals surface area contributed by atoms with Crippen molar-refractivity contribution >= 4 is 27.6 Å². The van der Waals surface area contributed by atoms with Crippen LogP contribution >= 0.6 is 15.9 Å². The van der Waals surface area contributed by atoms with E-state index >= 15 is 0 Å². The predicted molar refractivity (Wildman–Crippen MR) is 93.9 cm³/mol. The van der Waals surface area contributed by atoms with Gasteiger partial charge in [-0.15, -0.1) is 0 Å². The zero-order valence-corrected chi connectivity index (χ0v) is 15.7. The van der Waals surface area contributed by atoms with Crippen LogP contribution in [0.4, 0.5) is 5.69 Å². The fourth-order valence-corrected chi connectivity index (χ4v) is 3.51. The van der Waals surface area contributed by atoms with Crippen molar-refractivity contribution in [2.45, 2.75) is 33.1 Å². The summed E-state index contributed by atoms with van der Waals surface area (Å²) in [6.45, 7) is 7.61. The Morgan fingerprint density at radius 1 is 1.30 bits per heavy atom. The number of aromatic nitrogens is 1. The van der Waals surface area contributed by atoms with E-state index < -0.39 is 5.97 Å². The van der Waals surface area contributed by atoms with Crippen LogP contribution in [0, 0.1) is 5.41 Å². The summed E-state index contributed by atoms with van der Waals surface area (Å²) in [5.74, 6) is -0.393. The fraction of sp³-hybridized carbons (Fsp3) is 0.647. The Hall–Kier alpha value is -1.14. The first kappa shape index (κ1) is 18.2. The SMILES string of the molecule is CC.COC(=O)c1nc(Br)ccc1N1CCC2(CCOC2)CC1. The second-order valence-corrected chi connectivity index (χ2v) is 6.60. The number of anilines is 1. The van der Waals surface area contributed by atoms with Gasteiger partial charge in [0.05, 0.1) is 19.4 Å². The van der Waals surface area contributed by atoms with Crippen LogP contribution in [0.25, 0.3) is 0 Å². The Bertz CT molecular complexity index is 535. The summed E-state index contributed by atoms with van der Waals surface area (Å²) >= 11 is 3.31. The summed E-state index contributed by atoms with van der Waals surface area (Å²) in [5, 5.41) is 0. The van der Waals surface area contributed by atoms with Crippen molar-refractivity contribution in [2.75, 3.05) is 38.3 Å². The van der Waals surface area contributed by atoms with Crippen molar-refractivity contribution in [3.05, 3.63) is 22.4 Å². The van der Waals surface area contributed by atoms with E-state index in [1.165, 1.54) is 7.11 Å². The van der Waals surface area contributed by atoms with Crippen LogP contribution in [0.5, 0.6) is 0 Å². The third kappa shape index (κ3) is 4.04. The van der Waals surface area contributed by atoms with Crippen LogP contribution in [0.2, 0.25) is 0 Å². The molecule has 0 N–H and O–H groups in total. The van der Waals surface area contributed by atoms with Crippen molar-refractivity contribution in [1.29, 1.82) is 0 Å². The summed E-state index contributed by atoms with van der Waals surface area (Å²) < 4.78 is 11.1. The molecule has 0 saturated carbocycles. The van der Waals surface area contributed by atoms with Gasteiger partial charge in [-0.25, -0.2) is 9.78 Å². The lowest BCUT2D eigenvalue weighted by Crippen LogP contribution is -2.41. The van der Waals surface area contributed by atoms with E-state index in [4.69, 9.17) is 9.47 Å². The molecule has 0 unspecified atom stereocenters. The molecule has 6 heteroatoms. The number of esters is 1. The predicted octanol–water partition coefficient (Wildman–Crippen LogP) is 3.66. The first-order valence-corrected chi connectivity index (χ1v) is 9.00. The van der Waals surface area contributed by atoms with Gasteiger partial charge in [-0.05, 0) is 52.7 Å². The van der Waals surface area contributed by atoms with Crippen molar-refractivity contribution < 1.29 is 14.3 Å². The van der Waals surface area contributed by atoms with Crippen LogP contribution in [0.15, 0.2) is 16.7 Å². The maximum Gasteiger partial charge on any atom is 0.358 e. The molecule has 0 radical (unpaired) electrons. The van der Waals surface area contributed by atoms with Gasteiger partial charge in [-0.2, -0.15) is 0 Å². The van der Waals surface area contributed by atoms with Gasteiger partial charge >= 0.3 is 5.97 Å². The molecule has 2 aliphatic rings. The number of rotatable bonds is 2. The first-order valence-electron chi connectivity index (χ1n) is 8.21. The molecule has 3 rings (SSSR count). The van der Waals surface area contributed by atoms with Crippen molar-refractivity contribution in [3.8, 4) is 0 Å². The monoisotopic (exact) mass is 384 g/mol. The second-order valence-electron chi connectivity index (χ2n) is 5.78. The molecular formula is C17H25BrN2O3. The fourth-order valence-electron chi connectivity index (χ4n) is 3.20. The quantitative estimate of drug-likeness (QED) is 0.575. The van der Waals surface area contributed by atoms with Gasteiger partial charge in [-0.1, -0.05) is 13.8 Å². The Balaban J connectivity index is 0.000000924. The largest absolute Gasteiger partial charge is 0.464 e. The van der Waals surface area contributed by atoms with Crippen LogP contribution in [-0.2, 0) is 9.47 Å². The standard InChI is InChI=1S/C15H19BrN2O3.C2H6/c1-20-14(19)13-11(2-3-12(16)17-13)18-7-4-15(5-8-18)6-9-21-10-15;1-2/h2-3H,4-10H2,1H3;1-2H3. The van der Waals surface area contributed by atoms with Gasteiger partial charge < -0.3 is 14.4 Å². The third-order valence-corrected chi connectivity index (χ3v) is 5.01. The molecule has 0 atom stereocenters. The summed E-state index contributed by atoms with van der Waals surface area (Å²) in [5.41, 5.74) is 1.59. The van der Waals surface area contributed by atoms with Gasteiger partial charge in [-0.3, -0.25) is 0 Å². The highest BCUT2D eigenvalue weighted by Gasteiger charge is 2.38. The number of pyridine rings is 1. The van der Waals surface area contributed by atoms with Crippen molar-refractivity contribution in [3.63, 3.8) is 0 Å². The molecule has 23 heavy (non-hydrogen) atoms.